The lowest BCUT2D eigenvalue weighted by Crippen LogP contribution is -2.30. The summed E-state index contributed by atoms with van der Waals surface area (Å²) in [5, 5.41) is 3.52. The molecule has 0 spiro atoms. The Morgan fingerprint density at radius 1 is 1.29 bits per heavy atom. The molecule has 2 fully saturated rings. The van der Waals surface area contributed by atoms with Crippen molar-refractivity contribution in [3.63, 3.8) is 0 Å². The topological polar surface area (TPSA) is 17.0 Å². The third-order valence-corrected chi connectivity index (χ3v) is 4.41. The van der Waals surface area contributed by atoms with Gasteiger partial charge in [-0.2, -0.15) is 0 Å². The Morgan fingerprint density at radius 3 is 2.76 bits per heavy atom. The molecule has 17 heavy (non-hydrogen) atoms. The quantitative estimate of drug-likeness (QED) is 0.848. The van der Waals surface area contributed by atoms with Gasteiger partial charge in [-0.1, -0.05) is 0 Å². The average molecular weight is 232 g/mol. The van der Waals surface area contributed by atoms with Crippen LogP contribution in [0.3, 0.4) is 0 Å². The molecule has 1 atom stereocenters. The molecule has 1 aromatic rings. The fourth-order valence-electron chi connectivity index (χ4n) is 3.36. The van der Waals surface area contributed by atoms with Crippen molar-refractivity contribution in [2.75, 3.05) is 13.1 Å². The Kier molecular flexibility index (Phi) is 2.99. The second-order valence-electron chi connectivity index (χ2n) is 5.91. The zero-order valence-electron chi connectivity index (χ0n) is 11.1. The number of rotatable bonds is 3. The molecular formula is C15H24N2. The third kappa shape index (κ3) is 2.28. The molecule has 1 aliphatic carbocycles. The van der Waals surface area contributed by atoms with Crippen molar-refractivity contribution >= 4 is 0 Å². The monoisotopic (exact) mass is 232 g/mol. The van der Waals surface area contributed by atoms with E-state index in [0.29, 0.717) is 0 Å². The van der Waals surface area contributed by atoms with Crippen LogP contribution < -0.4 is 5.32 Å². The summed E-state index contributed by atoms with van der Waals surface area (Å²) in [4.78, 5) is 0. The van der Waals surface area contributed by atoms with Gasteiger partial charge in [0.1, 0.15) is 0 Å². The Morgan fingerprint density at radius 2 is 2.12 bits per heavy atom. The zero-order chi connectivity index (χ0) is 11.8. The average Bonchev–Trinajstić information content (AvgIpc) is 3.10. The fourth-order valence-corrected chi connectivity index (χ4v) is 3.36. The fraction of sp³-hybridized carbons (Fsp3) is 0.733. The molecule has 1 aliphatic heterocycles. The van der Waals surface area contributed by atoms with Crippen LogP contribution in [0.5, 0.6) is 0 Å². The van der Waals surface area contributed by atoms with E-state index in [1.807, 2.05) is 0 Å². The van der Waals surface area contributed by atoms with Crippen molar-refractivity contribution in [1.29, 1.82) is 0 Å². The summed E-state index contributed by atoms with van der Waals surface area (Å²) in [6, 6.07) is 3.26. The van der Waals surface area contributed by atoms with Gasteiger partial charge >= 0.3 is 0 Å². The lowest BCUT2D eigenvalue weighted by molar-refractivity contribution is 0.375. The van der Waals surface area contributed by atoms with Crippen molar-refractivity contribution in [2.45, 2.75) is 52.0 Å². The van der Waals surface area contributed by atoms with E-state index in [1.165, 1.54) is 56.6 Å². The van der Waals surface area contributed by atoms with Gasteiger partial charge in [-0.15, -0.1) is 0 Å². The molecule has 2 heterocycles. The summed E-state index contributed by atoms with van der Waals surface area (Å²) in [6.07, 6.45) is 6.81. The maximum Gasteiger partial charge on any atom is 0.0337 e. The summed E-state index contributed by atoms with van der Waals surface area (Å²) in [7, 11) is 0. The van der Waals surface area contributed by atoms with Crippen molar-refractivity contribution in [3.05, 3.63) is 23.0 Å². The van der Waals surface area contributed by atoms with Gasteiger partial charge in [0.15, 0.2) is 0 Å². The van der Waals surface area contributed by atoms with Crippen molar-refractivity contribution in [2.24, 2.45) is 5.92 Å². The first kappa shape index (κ1) is 11.3. The minimum atomic E-state index is 0.827. The van der Waals surface area contributed by atoms with Crippen molar-refractivity contribution in [1.82, 2.24) is 9.88 Å². The first-order valence-corrected chi connectivity index (χ1v) is 7.13. The highest BCUT2D eigenvalue weighted by Crippen LogP contribution is 2.38. The lowest BCUT2D eigenvalue weighted by atomic mass is 9.92. The molecule has 3 rings (SSSR count). The van der Waals surface area contributed by atoms with Crippen LogP contribution in [-0.4, -0.2) is 17.7 Å². The van der Waals surface area contributed by atoms with Gasteiger partial charge in [-0.25, -0.2) is 0 Å². The third-order valence-electron chi connectivity index (χ3n) is 4.41. The van der Waals surface area contributed by atoms with Gasteiger partial charge < -0.3 is 9.88 Å². The molecule has 1 aromatic heterocycles. The smallest absolute Gasteiger partial charge is 0.0337 e. The zero-order valence-corrected chi connectivity index (χ0v) is 11.1. The van der Waals surface area contributed by atoms with Gasteiger partial charge in [0, 0.05) is 17.4 Å². The lowest BCUT2D eigenvalue weighted by Gasteiger charge is -2.22. The molecule has 2 heteroatoms. The van der Waals surface area contributed by atoms with E-state index < -0.39 is 0 Å². The molecule has 0 aromatic carbocycles. The number of aryl methyl sites for hydroxylation is 1. The molecule has 0 bridgehead atoms. The second kappa shape index (κ2) is 4.49. The predicted octanol–water partition coefficient (Wildman–Crippen LogP) is 2.98. The SMILES string of the molecule is Cc1cc(CC2CCCNC2)c(C)n1C1CC1. The van der Waals surface area contributed by atoms with Gasteiger partial charge in [0.2, 0.25) is 0 Å². The van der Waals surface area contributed by atoms with Gasteiger partial charge in [0.25, 0.3) is 0 Å². The minimum Gasteiger partial charge on any atom is -0.346 e. The summed E-state index contributed by atoms with van der Waals surface area (Å²) < 4.78 is 2.57. The highest BCUT2D eigenvalue weighted by Gasteiger charge is 2.27. The van der Waals surface area contributed by atoms with Crippen molar-refractivity contribution < 1.29 is 0 Å². The summed E-state index contributed by atoms with van der Waals surface area (Å²) in [6.45, 7) is 7.02. The van der Waals surface area contributed by atoms with Crippen LogP contribution in [-0.2, 0) is 6.42 Å². The largest absolute Gasteiger partial charge is 0.346 e. The van der Waals surface area contributed by atoms with E-state index in [0.717, 1.165) is 12.0 Å². The number of hydrogen-bond acceptors (Lipinski definition) is 1. The van der Waals surface area contributed by atoms with E-state index in [2.05, 4.69) is 29.8 Å². The molecular weight excluding hydrogens is 208 g/mol. The van der Waals surface area contributed by atoms with E-state index in [1.54, 1.807) is 5.56 Å². The first-order valence-electron chi connectivity index (χ1n) is 7.13. The molecule has 0 amide bonds. The Hall–Kier alpha value is -0.760. The summed E-state index contributed by atoms with van der Waals surface area (Å²) in [5.41, 5.74) is 4.61. The highest BCUT2D eigenvalue weighted by atomic mass is 15.1. The molecule has 2 nitrogen and oxygen atoms in total. The number of nitrogens with one attached hydrogen (secondary N) is 1. The second-order valence-corrected chi connectivity index (χ2v) is 5.91. The van der Waals surface area contributed by atoms with E-state index in [-0.39, 0.29) is 0 Å². The van der Waals surface area contributed by atoms with E-state index >= 15 is 0 Å². The van der Waals surface area contributed by atoms with Crippen LogP contribution in [0.1, 0.15) is 48.7 Å². The van der Waals surface area contributed by atoms with Crippen LogP contribution in [0.25, 0.3) is 0 Å². The maximum absolute atomic E-state index is 3.52. The molecule has 1 N–H and O–H groups in total. The number of piperidine rings is 1. The normalized spacial score (nSPS) is 25.2. The molecule has 1 unspecified atom stereocenters. The maximum atomic E-state index is 3.52. The predicted molar refractivity (Wildman–Crippen MR) is 71.5 cm³/mol. The first-order chi connectivity index (χ1) is 8.25. The van der Waals surface area contributed by atoms with Gasteiger partial charge in [-0.05, 0) is 76.6 Å². The van der Waals surface area contributed by atoms with E-state index in [4.69, 9.17) is 0 Å². The molecule has 94 valence electrons. The highest BCUT2D eigenvalue weighted by molar-refractivity contribution is 5.29. The molecule has 2 aliphatic rings. The Labute approximate surface area is 104 Å². The standard InChI is InChI=1S/C15H24N2/c1-11-8-14(9-13-4-3-7-16-10-13)12(2)17(11)15-5-6-15/h8,13,15-16H,3-7,9-10H2,1-2H3. The minimum absolute atomic E-state index is 0.827. The van der Waals surface area contributed by atoms with Crippen LogP contribution in [0, 0.1) is 19.8 Å². The van der Waals surface area contributed by atoms with Crippen LogP contribution in [0.4, 0.5) is 0 Å². The van der Waals surface area contributed by atoms with Crippen LogP contribution in [0.15, 0.2) is 6.07 Å². The number of nitrogens with zero attached hydrogens (tertiary/aromatic N) is 1. The van der Waals surface area contributed by atoms with Gasteiger partial charge in [0.05, 0.1) is 0 Å². The van der Waals surface area contributed by atoms with Gasteiger partial charge in [-0.3, -0.25) is 0 Å². The van der Waals surface area contributed by atoms with Crippen molar-refractivity contribution in [3.8, 4) is 0 Å². The molecule has 0 radical (unpaired) electrons. The van der Waals surface area contributed by atoms with Crippen LogP contribution >= 0.6 is 0 Å². The molecule has 1 saturated heterocycles. The number of aromatic nitrogens is 1. The van der Waals surface area contributed by atoms with Crippen LogP contribution in [0.2, 0.25) is 0 Å². The Balaban J connectivity index is 1.75. The summed E-state index contributed by atoms with van der Waals surface area (Å²) in [5.74, 6) is 0.858. The Bertz CT molecular complexity index is 395. The number of hydrogen-bond donors (Lipinski definition) is 1. The molecule has 1 saturated carbocycles. The summed E-state index contributed by atoms with van der Waals surface area (Å²) >= 11 is 0. The van der Waals surface area contributed by atoms with E-state index in [9.17, 15) is 0 Å².